The van der Waals surface area contributed by atoms with Crippen molar-refractivity contribution in [3.63, 3.8) is 0 Å². The first-order valence-electron chi connectivity index (χ1n) is 6.11. The summed E-state index contributed by atoms with van der Waals surface area (Å²) < 4.78 is 2.01. The number of nitrogens with zero attached hydrogens (tertiary/aromatic N) is 1. The molecular weight excluding hydrogens is 224 g/mol. The summed E-state index contributed by atoms with van der Waals surface area (Å²) in [5, 5.41) is 2.93. The highest BCUT2D eigenvalue weighted by molar-refractivity contribution is 5.94. The number of carbonyl (C=O) groups excluding carboxylic acids is 1. The minimum absolute atomic E-state index is 0.00840. The molecule has 0 spiro atoms. The smallest absolute Gasteiger partial charge is 0.251 e. The number of hydrogen-bond acceptors (Lipinski definition) is 1. The monoisotopic (exact) mass is 242 g/mol. The van der Waals surface area contributed by atoms with Crippen molar-refractivity contribution < 1.29 is 4.79 Å². The molecule has 1 aromatic carbocycles. The van der Waals surface area contributed by atoms with Crippen molar-refractivity contribution in [1.29, 1.82) is 0 Å². The molecule has 1 N–H and O–H groups in total. The van der Waals surface area contributed by atoms with Crippen LogP contribution in [0.25, 0.3) is 0 Å². The van der Waals surface area contributed by atoms with Gasteiger partial charge in [0.1, 0.15) is 0 Å². The molecule has 0 aliphatic carbocycles. The number of aromatic nitrogens is 1. The zero-order valence-electron chi connectivity index (χ0n) is 10.8. The van der Waals surface area contributed by atoms with Crippen LogP contribution in [-0.2, 0) is 13.5 Å². The van der Waals surface area contributed by atoms with E-state index in [1.807, 2.05) is 49.0 Å². The van der Waals surface area contributed by atoms with Crippen LogP contribution >= 0.6 is 0 Å². The van der Waals surface area contributed by atoms with Crippen molar-refractivity contribution in [2.75, 3.05) is 6.54 Å². The Morgan fingerprint density at radius 3 is 2.56 bits per heavy atom. The van der Waals surface area contributed by atoms with E-state index >= 15 is 0 Å². The highest BCUT2D eigenvalue weighted by Crippen LogP contribution is 2.03. The van der Waals surface area contributed by atoms with Gasteiger partial charge in [-0.1, -0.05) is 17.7 Å². The lowest BCUT2D eigenvalue weighted by atomic mass is 10.1. The third-order valence-corrected chi connectivity index (χ3v) is 2.91. The second-order valence-electron chi connectivity index (χ2n) is 4.56. The molecule has 0 unspecified atom stereocenters. The van der Waals surface area contributed by atoms with Crippen LogP contribution in [0, 0.1) is 6.92 Å². The third kappa shape index (κ3) is 3.23. The van der Waals surface area contributed by atoms with Crippen molar-refractivity contribution in [3.8, 4) is 0 Å². The fourth-order valence-electron chi connectivity index (χ4n) is 1.84. The normalized spacial score (nSPS) is 10.3. The van der Waals surface area contributed by atoms with E-state index in [0.29, 0.717) is 12.1 Å². The van der Waals surface area contributed by atoms with Crippen molar-refractivity contribution >= 4 is 5.91 Å². The van der Waals surface area contributed by atoms with Gasteiger partial charge in [-0.25, -0.2) is 0 Å². The maximum Gasteiger partial charge on any atom is 0.251 e. The third-order valence-electron chi connectivity index (χ3n) is 2.91. The Balaban J connectivity index is 1.83. The molecule has 0 radical (unpaired) electrons. The van der Waals surface area contributed by atoms with E-state index < -0.39 is 0 Å². The molecule has 1 aromatic heterocycles. The average molecular weight is 242 g/mol. The summed E-state index contributed by atoms with van der Waals surface area (Å²) in [4.78, 5) is 11.8. The number of amides is 1. The van der Waals surface area contributed by atoms with Gasteiger partial charge in [-0.3, -0.25) is 4.79 Å². The van der Waals surface area contributed by atoms with E-state index in [9.17, 15) is 4.79 Å². The van der Waals surface area contributed by atoms with Gasteiger partial charge in [0.25, 0.3) is 5.91 Å². The summed E-state index contributed by atoms with van der Waals surface area (Å²) in [5.41, 5.74) is 3.12. The van der Waals surface area contributed by atoms with Crippen LogP contribution in [0.1, 0.15) is 21.5 Å². The minimum Gasteiger partial charge on any atom is -0.357 e. The van der Waals surface area contributed by atoms with Gasteiger partial charge < -0.3 is 9.88 Å². The molecule has 0 saturated carbocycles. The lowest BCUT2D eigenvalue weighted by Crippen LogP contribution is -2.25. The molecule has 1 heterocycles. The first-order valence-corrected chi connectivity index (χ1v) is 6.11. The predicted molar refractivity (Wildman–Crippen MR) is 72.6 cm³/mol. The summed E-state index contributed by atoms with van der Waals surface area (Å²) in [6.07, 6.45) is 4.94. The molecule has 1 amide bonds. The van der Waals surface area contributed by atoms with E-state index in [4.69, 9.17) is 0 Å². The molecule has 0 saturated heterocycles. The fourth-order valence-corrected chi connectivity index (χ4v) is 1.84. The Morgan fingerprint density at radius 2 is 1.94 bits per heavy atom. The molecule has 94 valence electrons. The Hall–Kier alpha value is -2.03. The maximum absolute atomic E-state index is 11.8. The van der Waals surface area contributed by atoms with Crippen LogP contribution in [0.3, 0.4) is 0 Å². The summed E-state index contributed by atoms with van der Waals surface area (Å²) in [6, 6.07) is 9.68. The Labute approximate surface area is 107 Å². The van der Waals surface area contributed by atoms with Crippen molar-refractivity contribution in [1.82, 2.24) is 9.88 Å². The summed E-state index contributed by atoms with van der Waals surface area (Å²) in [6.45, 7) is 2.67. The number of hydrogen-bond donors (Lipinski definition) is 1. The molecule has 0 fully saturated rings. The van der Waals surface area contributed by atoms with E-state index in [2.05, 4.69) is 17.6 Å². The molecule has 2 rings (SSSR count). The first-order chi connectivity index (χ1) is 8.65. The predicted octanol–water partition coefficient (Wildman–Crippen LogP) is 2.31. The lowest BCUT2D eigenvalue weighted by Gasteiger charge is -2.04. The van der Waals surface area contributed by atoms with Gasteiger partial charge in [-0.05, 0) is 37.1 Å². The molecule has 0 atom stereocenters. The SMILES string of the molecule is Cc1ccc(C(=O)NCCc2ccn(C)c2)cc1. The highest BCUT2D eigenvalue weighted by Gasteiger charge is 2.04. The van der Waals surface area contributed by atoms with Gasteiger partial charge in [0.15, 0.2) is 0 Å². The van der Waals surface area contributed by atoms with Crippen LogP contribution in [-0.4, -0.2) is 17.0 Å². The average Bonchev–Trinajstić information content (AvgIpc) is 2.76. The molecule has 18 heavy (non-hydrogen) atoms. The Bertz CT molecular complexity index is 526. The summed E-state index contributed by atoms with van der Waals surface area (Å²) in [5.74, 6) is -0.00840. The molecule has 3 heteroatoms. The van der Waals surface area contributed by atoms with Crippen LogP contribution in [0.2, 0.25) is 0 Å². The van der Waals surface area contributed by atoms with Crippen molar-refractivity contribution in [3.05, 3.63) is 59.4 Å². The van der Waals surface area contributed by atoms with Crippen LogP contribution in [0.15, 0.2) is 42.7 Å². The quantitative estimate of drug-likeness (QED) is 0.877. The standard InChI is InChI=1S/C15H18N2O/c1-12-3-5-14(6-4-12)15(18)16-9-7-13-8-10-17(2)11-13/h3-6,8,10-11H,7,9H2,1-2H3,(H,16,18). The number of benzene rings is 1. The molecule has 0 aliphatic heterocycles. The number of aryl methyl sites for hydroxylation is 2. The molecule has 2 aromatic rings. The van der Waals surface area contributed by atoms with E-state index in [-0.39, 0.29) is 5.91 Å². The van der Waals surface area contributed by atoms with E-state index in [1.165, 1.54) is 5.56 Å². The fraction of sp³-hybridized carbons (Fsp3) is 0.267. The zero-order chi connectivity index (χ0) is 13.0. The van der Waals surface area contributed by atoms with E-state index in [0.717, 1.165) is 12.0 Å². The lowest BCUT2D eigenvalue weighted by molar-refractivity contribution is 0.0954. The maximum atomic E-state index is 11.8. The van der Waals surface area contributed by atoms with Crippen LogP contribution in [0.5, 0.6) is 0 Å². The second kappa shape index (κ2) is 5.54. The molecule has 3 nitrogen and oxygen atoms in total. The van der Waals surface area contributed by atoms with Gasteiger partial charge >= 0.3 is 0 Å². The topological polar surface area (TPSA) is 34.0 Å². The van der Waals surface area contributed by atoms with E-state index in [1.54, 1.807) is 0 Å². The van der Waals surface area contributed by atoms with Crippen LogP contribution in [0.4, 0.5) is 0 Å². The largest absolute Gasteiger partial charge is 0.357 e. The molecule has 0 aliphatic rings. The molecule has 0 bridgehead atoms. The Kier molecular flexibility index (Phi) is 3.82. The first kappa shape index (κ1) is 12.4. The van der Waals surface area contributed by atoms with Crippen molar-refractivity contribution in [2.24, 2.45) is 7.05 Å². The van der Waals surface area contributed by atoms with Gasteiger partial charge in [0.2, 0.25) is 0 Å². The minimum atomic E-state index is -0.00840. The number of nitrogens with one attached hydrogen (secondary N) is 1. The number of carbonyl (C=O) groups is 1. The number of rotatable bonds is 4. The molecular formula is C15H18N2O. The zero-order valence-corrected chi connectivity index (χ0v) is 10.8. The summed E-state index contributed by atoms with van der Waals surface area (Å²) >= 11 is 0. The van der Waals surface area contributed by atoms with Gasteiger partial charge in [-0.2, -0.15) is 0 Å². The van der Waals surface area contributed by atoms with Crippen molar-refractivity contribution in [2.45, 2.75) is 13.3 Å². The van der Waals surface area contributed by atoms with Gasteiger partial charge in [-0.15, -0.1) is 0 Å². The summed E-state index contributed by atoms with van der Waals surface area (Å²) in [7, 11) is 1.99. The van der Waals surface area contributed by atoms with Gasteiger partial charge in [0, 0.05) is 31.5 Å². The highest BCUT2D eigenvalue weighted by atomic mass is 16.1. The Morgan fingerprint density at radius 1 is 1.22 bits per heavy atom. The van der Waals surface area contributed by atoms with Crippen LogP contribution < -0.4 is 5.32 Å². The van der Waals surface area contributed by atoms with Gasteiger partial charge in [0.05, 0.1) is 0 Å². The second-order valence-corrected chi connectivity index (χ2v) is 4.56.